The number of rotatable bonds is 7. The Morgan fingerprint density at radius 1 is 0.946 bits per heavy atom. The van der Waals surface area contributed by atoms with Crippen LogP contribution in [0.25, 0.3) is 16.8 Å². The van der Waals surface area contributed by atoms with E-state index >= 15 is 0 Å². The molecule has 0 fully saturated rings. The summed E-state index contributed by atoms with van der Waals surface area (Å²) in [5.74, 6) is -1.92. The summed E-state index contributed by atoms with van der Waals surface area (Å²) in [5.41, 5.74) is 5.20. The number of phenols is 1. The molecule has 8 heteroatoms. The number of nitrogens with one attached hydrogen (secondary N) is 1. The molecule has 0 aliphatic carbocycles. The van der Waals surface area contributed by atoms with Gasteiger partial charge in [0.25, 0.3) is 5.56 Å². The van der Waals surface area contributed by atoms with Crippen LogP contribution in [0.3, 0.4) is 0 Å². The van der Waals surface area contributed by atoms with Gasteiger partial charge < -0.3 is 10.2 Å². The predicted molar refractivity (Wildman–Crippen MR) is 144 cm³/mol. The molecule has 1 heterocycles. The monoisotopic (exact) mass is 498 g/mol. The molecule has 8 nitrogen and oxygen atoms in total. The van der Waals surface area contributed by atoms with Gasteiger partial charge in [-0.15, -0.1) is 10.2 Å². The number of phenolic OH excluding ortho intramolecular Hbond substituents is 1. The fourth-order valence-electron chi connectivity index (χ4n) is 4.36. The summed E-state index contributed by atoms with van der Waals surface area (Å²) in [6.45, 7) is 9.38. The molecular weight excluding hydrogens is 468 g/mol. The first-order valence-corrected chi connectivity index (χ1v) is 12.0. The minimum atomic E-state index is -0.975. The zero-order valence-corrected chi connectivity index (χ0v) is 21.5. The molecule has 1 aromatic heterocycles. The van der Waals surface area contributed by atoms with Crippen molar-refractivity contribution in [2.75, 3.05) is 0 Å². The van der Waals surface area contributed by atoms with E-state index in [-0.39, 0.29) is 22.9 Å². The number of hydrogen-bond donors (Lipinski definition) is 3. The van der Waals surface area contributed by atoms with E-state index in [9.17, 15) is 19.8 Å². The van der Waals surface area contributed by atoms with E-state index in [2.05, 4.69) is 15.3 Å². The number of benzene rings is 3. The number of carbonyl (C=O) groups is 1. The summed E-state index contributed by atoms with van der Waals surface area (Å²) in [5, 5.41) is 32.0. The van der Waals surface area contributed by atoms with Gasteiger partial charge in [0.1, 0.15) is 5.75 Å². The zero-order chi connectivity index (χ0) is 26.9. The molecule has 0 bridgehead atoms. The molecule has 0 saturated heterocycles. The number of aliphatic carboxylic acids is 1. The lowest BCUT2D eigenvalue weighted by Crippen LogP contribution is -2.17. The predicted octanol–water partition coefficient (Wildman–Crippen LogP) is 6.70. The molecule has 4 rings (SSSR count). The number of azo groups is 1. The molecule has 0 spiro atoms. The molecule has 1 atom stereocenters. The fraction of sp³-hybridized carbons (Fsp3) is 0.241. The van der Waals surface area contributed by atoms with E-state index in [4.69, 9.17) is 0 Å². The maximum absolute atomic E-state index is 13.2. The Kier molecular flexibility index (Phi) is 7.11. The molecule has 37 heavy (non-hydrogen) atoms. The average molecular weight is 499 g/mol. The van der Waals surface area contributed by atoms with Crippen molar-refractivity contribution in [2.45, 2.75) is 40.5 Å². The first kappa shape index (κ1) is 25.6. The number of carboxylic acids is 1. The van der Waals surface area contributed by atoms with Crippen LogP contribution in [0.4, 0.5) is 11.4 Å². The largest absolute Gasteiger partial charge is 0.507 e. The van der Waals surface area contributed by atoms with Crippen LogP contribution in [-0.4, -0.2) is 26.0 Å². The number of hydrogen-bond acceptors (Lipinski definition) is 5. The Hall–Kier alpha value is -4.46. The number of aromatic nitrogens is 2. The van der Waals surface area contributed by atoms with Crippen LogP contribution in [0.15, 0.2) is 75.7 Å². The van der Waals surface area contributed by atoms with Gasteiger partial charge in [-0.2, -0.15) is 0 Å². The third-order valence-electron chi connectivity index (χ3n) is 6.56. The lowest BCUT2D eigenvalue weighted by molar-refractivity contribution is -0.139. The Labute approximate surface area is 214 Å². The molecule has 0 amide bonds. The summed E-state index contributed by atoms with van der Waals surface area (Å²) in [6.07, 6.45) is 0. The molecule has 190 valence electrons. The number of para-hydroxylation sites is 1. The van der Waals surface area contributed by atoms with Gasteiger partial charge in [0.2, 0.25) is 0 Å². The minimum absolute atomic E-state index is 0.0922. The third-order valence-corrected chi connectivity index (χ3v) is 6.56. The van der Waals surface area contributed by atoms with Gasteiger partial charge in [-0.1, -0.05) is 50.2 Å². The van der Waals surface area contributed by atoms with Crippen LogP contribution in [0.2, 0.25) is 0 Å². The number of carboxylic acid groups (broad SMARTS) is 1. The second-order valence-electron chi connectivity index (χ2n) is 9.55. The highest BCUT2D eigenvalue weighted by Gasteiger charge is 2.27. The van der Waals surface area contributed by atoms with Gasteiger partial charge in [0.15, 0.2) is 5.69 Å². The Balaban J connectivity index is 1.84. The second-order valence-corrected chi connectivity index (χ2v) is 9.55. The van der Waals surface area contributed by atoms with Crippen molar-refractivity contribution < 1.29 is 15.0 Å². The molecular formula is C29H30N4O4. The van der Waals surface area contributed by atoms with Gasteiger partial charge in [-0.05, 0) is 73.2 Å². The molecule has 0 aliphatic heterocycles. The Bertz CT molecular complexity index is 1560. The lowest BCUT2D eigenvalue weighted by Gasteiger charge is -2.19. The van der Waals surface area contributed by atoms with Gasteiger partial charge in [0.05, 0.1) is 23.0 Å². The van der Waals surface area contributed by atoms with Crippen molar-refractivity contribution in [1.29, 1.82) is 0 Å². The number of H-pyrrole nitrogens is 1. The van der Waals surface area contributed by atoms with Gasteiger partial charge >= 0.3 is 5.97 Å². The third kappa shape index (κ3) is 5.09. The van der Waals surface area contributed by atoms with Crippen LogP contribution in [-0.2, 0) is 4.79 Å². The van der Waals surface area contributed by atoms with Crippen molar-refractivity contribution in [1.82, 2.24) is 9.78 Å². The van der Waals surface area contributed by atoms with E-state index in [0.29, 0.717) is 33.8 Å². The molecule has 0 saturated carbocycles. The average Bonchev–Trinajstić information content (AvgIpc) is 3.13. The lowest BCUT2D eigenvalue weighted by atomic mass is 9.86. The first-order chi connectivity index (χ1) is 17.6. The topological polar surface area (TPSA) is 120 Å². The standard InChI is InChI=1S/C29H30N4O4/c1-16(2)26(29(36)37)23-13-11-20(22-8-6-7-9-25(22)34)15-24(23)30-31-27-19(5)32-33(28(27)35)21-12-10-17(3)18(4)14-21/h6-16,26,32,34H,1-5H3,(H,36,37). The molecule has 1 unspecified atom stereocenters. The highest BCUT2D eigenvalue weighted by Crippen LogP contribution is 2.38. The number of aromatic hydroxyl groups is 1. The van der Waals surface area contributed by atoms with E-state index in [1.165, 1.54) is 4.68 Å². The van der Waals surface area contributed by atoms with Crippen LogP contribution in [0, 0.1) is 26.7 Å². The summed E-state index contributed by atoms with van der Waals surface area (Å²) in [6, 6.07) is 17.7. The zero-order valence-electron chi connectivity index (χ0n) is 21.5. The highest BCUT2D eigenvalue weighted by molar-refractivity contribution is 5.81. The Morgan fingerprint density at radius 3 is 2.32 bits per heavy atom. The Morgan fingerprint density at radius 2 is 1.68 bits per heavy atom. The van der Waals surface area contributed by atoms with Crippen LogP contribution < -0.4 is 5.56 Å². The number of aryl methyl sites for hydroxylation is 3. The molecule has 0 aliphatic rings. The quantitative estimate of drug-likeness (QED) is 0.245. The fourth-order valence-corrected chi connectivity index (χ4v) is 4.36. The van der Waals surface area contributed by atoms with Gasteiger partial charge in [-0.3, -0.25) is 14.7 Å². The van der Waals surface area contributed by atoms with E-state index in [0.717, 1.165) is 11.1 Å². The van der Waals surface area contributed by atoms with Crippen LogP contribution in [0.1, 0.15) is 42.1 Å². The van der Waals surface area contributed by atoms with Crippen molar-refractivity contribution in [3.63, 3.8) is 0 Å². The number of aromatic amines is 1. The molecule has 3 N–H and O–H groups in total. The van der Waals surface area contributed by atoms with Gasteiger partial charge in [-0.25, -0.2) is 4.68 Å². The smallest absolute Gasteiger partial charge is 0.311 e. The van der Waals surface area contributed by atoms with Crippen LogP contribution >= 0.6 is 0 Å². The normalized spacial score (nSPS) is 12.4. The first-order valence-electron chi connectivity index (χ1n) is 12.0. The van der Waals surface area contributed by atoms with Crippen molar-refractivity contribution >= 4 is 17.3 Å². The molecule has 4 aromatic rings. The van der Waals surface area contributed by atoms with Crippen molar-refractivity contribution in [2.24, 2.45) is 16.1 Å². The van der Waals surface area contributed by atoms with Crippen molar-refractivity contribution in [3.8, 4) is 22.6 Å². The summed E-state index contributed by atoms with van der Waals surface area (Å²) in [7, 11) is 0. The SMILES string of the molecule is Cc1ccc(-n2[nH]c(C)c(N=Nc3cc(-c4ccccc4O)ccc3C(C(=O)O)C(C)C)c2=O)cc1C. The highest BCUT2D eigenvalue weighted by atomic mass is 16.4. The molecule has 3 aromatic carbocycles. The summed E-state index contributed by atoms with van der Waals surface area (Å²) >= 11 is 0. The molecule has 0 radical (unpaired) electrons. The van der Waals surface area contributed by atoms with Crippen LogP contribution in [0.5, 0.6) is 5.75 Å². The summed E-state index contributed by atoms with van der Waals surface area (Å²) in [4.78, 5) is 25.4. The van der Waals surface area contributed by atoms with Gasteiger partial charge in [0, 0.05) is 5.56 Å². The van der Waals surface area contributed by atoms with Crippen molar-refractivity contribution in [3.05, 3.63) is 93.4 Å². The number of nitrogens with zero attached hydrogens (tertiary/aromatic N) is 3. The minimum Gasteiger partial charge on any atom is -0.507 e. The van der Waals surface area contributed by atoms with E-state index < -0.39 is 11.9 Å². The maximum atomic E-state index is 13.2. The summed E-state index contributed by atoms with van der Waals surface area (Å²) < 4.78 is 1.42. The van der Waals surface area contributed by atoms with E-state index in [1.807, 2.05) is 45.9 Å². The van der Waals surface area contributed by atoms with E-state index in [1.54, 1.807) is 49.4 Å². The second kappa shape index (κ2) is 10.3. The maximum Gasteiger partial charge on any atom is 0.311 e.